The summed E-state index contributed by atoms with van der Waals surface area (Å²) in [5, 5.41) is 5.50. The van der Waals surface area contributed by atoms with Crippen LogP contribution in [0.4, 0.5) is 13.2 Å². The zero-order chi connectivity index (χ0) is 10.2. The SMILES string of the molecule is C#CCNCCNCCC(F)(F)F. The minimum Gasteiger partial charge on any atom is -0.315 e. The quantitative estimate of drug-likeness (QED) is 0.481. The van der Waals surface area contributed by atoms with E-state index in [1.807, 2.05) is 0 Å². The predicted octanol–water partition coefficient (Wildman–Crippen LogP) is 0.751. The number of hydrogen-bond donors (Lipinski definition) is 2. The highest BCUT2D eigenvalue weighted by Crippen LogP contribution is 2.17. The Balaban J connectivity index is 3.05. The molecule has 0 heterocycles. The minimum absolute atomic E-state index is 0.0404. The van der Waals surface area contributed by atoms with Gasteiger partial charge in [0.1, 0.15) is 0 Å². The van der Waals surface area contributed by atoms with Crippen molar-refractivity contribution >= 4 is 0 Å². The molecule has 0 spiro atoms. The highest BCUT2D eigenvalue weighted by atomic mass is 19.4. The molecular weight excluding hydrogens is 181 g/mol. The van der Waals surface area contributed by atoms with Crippen LogP contribution in [0.1, 0.15) is 6.42 Å². The maximum atomic E-state index is 11.6. The lowest BCUT2D eigenvalue weighted by Crippen LogP contribution is -2.30. The fraction of sp³-hybridized carbons (Fsp3) is 0.750. The van der Waals surface area contributed by atoms with Gasteiger partial charge in [0.15, 0.2) is 0 Å². The summed E-state index contributed by atoms with van der Waals surface area (Å²) in [6, 6.07) is 0. The first-order valence-corrected chi connectivity index (χ1v) is 3.98. The molecule has 0 atom stereocenters. The molecule has 0 saturated carbocycles. The molecule has 2 nitrogen and oxygen atoms in total. The van der Waals surface area contributed by atoms with Crippen LogP contribution in [0.25, 0.3) is 0 Å². The summed E-state index contributed by atoms with van der Waals surface area (Å²) in [5.74, 6) is 2.36. The molecule has 0 aromatic heterocycles. The number of hydrogen-bond acceptors (Lipinski definition) is 2. The van der Waals surface area contributed by atoms with Crippen molar-refractivity contribution in [3.05, 3.63) is 0 Å². The Hall–Kier alpha value is -0.730. The molecule has 76 valence electrons. The lowest BCUT2D eigenvalue weighted by molar-refractivity contribution is -0.133. The molecule has 0 fully saturated rings. The Morgan fingerprint density at radius 2 is 1.69 bits per heavy atom. The third-order valence-electron chi connectivity index (χ3n) is 1.29. The van der Waals surface area contributed by atoms with Crippen LogP contribution < -0.4 is 10.6 Å². The number of alkyl halides is 3. The largest absolute Gasteiger partial charge is 0.390 e. The summed E-state index contributed by atoms with van der Waals surface area (Å²) in [7, 11) is 0. The Labute approximate surface area is 75.9 Å². The number of rotatable bonds is 6. The molecule has 13 heavy (non-hydrogen) atoms. The van der Waals surface area contributed by atoms with Gasteiger partial charge in [-0.1, -0.05) is 5.92 Å². The second kappa shape index (κ2) is 6.75. The van der Waals surface area contributed by atoms with Gasteiger partial charge in [0.05, 0.1) is 13.0 Å². The first-order valence-electron chi connectivity index (χ1n) is 3.98. The molecule has 0 amide bonds. The topological polar surface area (TPSA) is 24.1 Å². The van der Waals surface area contributed by atoms with Crippen LogP contribution in [0.2, 0.25) is 0 Å². The van der Waals surface area contributed by atoms with Gasteiger partial charge in [0, 0.05) is 19.6 Å². The zero-order valence-electron chi connectivity index (χ0n) is 7.25. The second-order valence-electron chi connectivity index (χ2n) is 2.50. The van der Waals surface area contributed by atoms with Crippen molar-refractivity contribution in [3.63, 3.8) is 0 Å². The third kappa shape index (κ3) is 11.3. The van der Waals surface area contributed by atoms with Crippen molar-refractivity contribution in [2.24, 2.45) is 0 Å². The Bertz CT molecular complexity index is 160. The van der Waals surface area contributed by atoms with Crippen molar-refractivity contribution in [1.82, 2.24) is 10.6 Å². The predicted molar refractivity (Wildman–Crippen MR) is 45.2 cm³/mol. The number of terminal acetylenes is 1. The smallest absolute Gasteiger partial charge is 0.315 e. The highest BCUT2D eigenvalue weighted by Gasteiger charge is 2.25. The van der Waals surface area contributed by atoms with E-state index in [4.69, 9.17) is 6.42 Å². The van der Waals surface area contributed by atoms with Gasteiger partial charge in [0.25, 0.3) is 0 Å². The molecule has 0 radical (unpaired) electrons. The van der Waals surface area contributed by atoms with Crippen LogP contribution in [0, 0.1) is 12.3 Å². The first kappa shape index (κ1) is 12.3. The van der Waals surface area contributed by atoms with E-state index in [0.717, 1.165) is 0 Å². The van der Waals surface area contributed by atoms with Crippen molar-refractivity contribution in [1.29, 1.82) is 0 Å². The van der Waals surface area contributed by atoms with Crippen molar-refractivity contribution < 1.29 is 13.2 Å². The van der Waals surface area contributed by atoms with E-state index >= 15 is 0 Å². The summed E-state index contributed by atoms with van der Waals surface area (Å²) in [5.41, 5.74) is 0. The highest BCUT2D eigenvalue weighted by molar-refractivity contribution is 4.86. The molecule has 0 saturated heterocycles. The average Bonchev–Trinajstić information content (AvgIpc) is 2.01. The Kier molecular flexibility index (Phi) is 6.37. The van der Waals surface area contributed by atoms with Crippen molar-refractivity contribution in [2.75, 3.05) is 26.2 Å². The second-order valence-corrected chi connectivity index (χ2v) is 2.50. The van der Waals surface area contributed by atoms with Gasteiger partial charge in [0.2, 0.25) is 0 Å². The van der Waals surface area contributed by atoms with Crippen LogP contribution in [0.5, 0.6) is 0 Å². The summed E-state index contributed by atoms with van der Waals surface area (Å²) in [6.07, 6.45) is 0.0851. The molecule has 0 rings (SSSR count). The normalized spacial score (nSPS) is 11.2. The molecule has 0 unspecified atom stereocenters. The van der Waals surface area contributed by atoms with E-state index in [1.165, 1.54) is 0 Å². The van der Waals surface area contributed by atoms with Crippen molar-refractivity contribution in [3.8, 4) is 12.3 Å². The van der Waals surface area contributed by atoms with Gasteiger partial charge >= 0.3 is 6.18 Å². The van der Waals surface area contributed by atoms with E-state index in [1.54, 1.807) is 0 Å². The summed E-state index contributed by atoms with van der Waals surface area (Å²) >= 11 is 0. The number of halogens is 3. The van der Waals surface area contributed by atoms with Crippen LogP contribution in [0.3, 0.4) is 0 Å². The standard InChI is InChI=1S/C8H13F3N2/c1-2-4-12-6-7-13-5-3-8(9,10)11/h1,12-13H,3-7H2. The first-order chi connectivity index (χ1) is 6.06. The average molecular weight is 194 g/mol. The van der Waals surface area contributed by atoms with Crippen LogP contribution in [-0.4, -0.2) is 32.4 Å². The summed E-state index contributed by atoms with van der Waals surface area (Å²) in [4.78, 5) is 0. The van der Waals surface area contributed by atoms with E-state index < -0.39 is 12.6 Å². The van der Waals surface area contributed by atoms with Gasteiger partial charge < -0.3 is 10.6 Å². The molecule has 5 heteroatoms. The monoisotopic (exact) mass is 194 g/mol. The molecule has 0 aliphatic rings. The molecule has 0 bridgehead atoms. The van der Waals surface area contributed by atoms with Gasteiger partial charge in [-0.15, -0.1) is 6.42 Å². The Morgan fingerprint density at radius 1 is 1.08 bits per heavy atom. The zero-order valence-corrected chi connectivity index (χ0v) is 7.25. The van der Waals surface area contributed by atoms with E-state index in [-0.39, 0.29) is 6.54 Å². The number of nitrogens with one attached hydrogen (secondary N) is 2. The van der Waals surface area contributed by atoms with Crippen LogP contribution in [0.15, 0.2) is 0 Å². The molecule has 2 N–H and O–H groups in total. The maximum absolute atomic E-state index is 11.6. The molecule has 0 aromatic rings. The third-order valence-corrected chi connectivity index (χ3v) is 1.29. The summed E-state index contributed by atoms with van der Waals surface area (Å²) in [6.45, 7) is 1.49. The lowest BCUT2D eigenvalue weighted by atomic mass is 10.4. The minimum atomic E-state index is -4.07. The fourth-order valence-corrected chi connectivity index (χ4v) is 0.692. The molecule has 0 aliphatic carbocycles. The van der Waals surface area contributed by atoms with Crippen molar-refractivity contribution in [2.45, 2.75) is 12.6 Å². The van der Waals surface area contributed by atoms with Crippen LogP contribution >= 0.6 is 0 Å². The lowest BCUT2D eigenvalue weighted by Gasteiger charge is -2.07. The maximum Gasteiger partial charge on any atom is 0.390 e. The van der Waals surface area contributed by atoms with Gasteiger partial charge in [-0.05, 0) is 0 Å². The molecule has 0 aliphatic heterocycles. The van der Waals surface area contributed by atoms with Crippen LogP contribution in [-0.2, 0) is 0 Å². The fourth-order valence-electron chi connectivity index (χ4n) is 0.692. The summed E-state index contributed by atoms with van der Waals surface area (Å²) < 4.78 is 34.8. The molecule has 0 aromatic carbocycles. The van der Waals surface area contributed by atoms with E-state index in [9.17, 15) is 13.2 Å². The Morgan fingerprint density at radius 3 is 2.23 bits per heavy atom. The van der Waals surface area contributed by atoms with E-state index in [2.05, 4.69) is 16.6 Å². The van der Waals surface area contributed by atoms with Gasteiger partial charge in [-0.25, -0.2) is 0 Å². The molecular formula is C8H13F3N2. The van der Waals surface area contributed by atoms with Gasteiger partial charge in [-0.2, -0.15) is 13.2 Å². The van der Waals surface area contributed by atoms with E-state index in [0.29, 0.717) is 19.6 Å². The van der Waals surface area contributed by atoms with Gasteiger partial charge in [-0.3, -0.25) is 0 Å².